The first-order valence-corrected chi connectivity index (χ1v) is 15.3. The number of sulfonamides is 2. The van der Waals surface area contributed by atoms with Gasteiger partial charge in [0.15, 0.2) is 0 Å². The number of nitrogens with one attached hydrogen (secondary N) is 3. The van der Waals surface area contributed by atoms with Crippen molar-refractivity contribution in [1.82, 2.24) is 5.32 Å². The van der Waals surface area contributed by atoms with Crippen LogP contribution >= 0.6 is 0 Å². The Kier molecular flexibility index (Phi) is 9.17. The lowest BCUT2D eigenvalue weighted by Gasteiger charge is -2.23. The summed E-state index contributed by atoms with van der Waals surface area (Å²) in [6.45, 7) is 2.03. The highest BCUT2D eigenvalue weighted by Gasteiger charge is 2.20. The average Bonchev–Trinajstić information content (AvgIpc) is 2.81. The standard InChI is InChI=1S/C26H31N3O6S2/c1-19(27-26(30)35-18-20-7-5-4-6-8-20)17-25(21-9-13-23(14-10-21)28-36(2,31)32)22-11-15-24(16-12-22)29-37(3,33)34/h4-16,19,25,28-29H,17-18H2,1-3H3,(H,27,30). The molecule has 0 fully saturated rings. The minimum Gasteiger partial charge on any atom is -0.445 e. The van der Waals surface area contributed by atoms with Crippen LogP contribution in [0.4, 0.5) is 16.2 Å². The number of carbonyl (C=O) groups is 1. The summed E-state index contributed by atoms with van der Waals surface area (Å²) in [7, 11) is -6.82. The van der Waals surface area contributed by atoms with E-state index in [1.165, 1.54) is 0 Å². The molecule has 0 aliphatic carbocycles. The topological polar surface area (TPSA) is 131 Å². The Hall–Kier alpha value is -3.57. The van der Waals surface area contributed by atoms with Gasteiger partial charge in [0.1, 0.15) is 6.61 Å². The first-order chi connectivity index (χ1) is 17.4. The predicted octanol–water partition coefficient (Wildman–Crippen LogP) is 4.27. The van der Waals surface area contributed by atoms with Gasteiger partial charge >= 0.3 is 6.09 Å². The number of rotatable bonds is 11. The molecular weight excluding hydrogens is 514 g/mol. The Balaban J connectivity index is 1.76. The fourth-order valence-corrected chi connectivity index (χ4v) is 4.97. The number of amides is 1. The highest BCUT2D eigenvalue weighted by atomic mass is 32.2. The summed E-state index contributed by atoms with van der Waals surface area (Å²) < 4.78 is 56.4. The van der Waals surface area contributed by atoms with Gasteiger partial charge in [0, 0.05) is 23.3 Å². The van der Waals surface area contributed by atoms with Crippen molar-refractivity contribution >= 4 is 37.5 Å². The van der Waals surface area contributed by atoms with Crippen molar-refractivity contribution in [2.75, 3.05) is 22.0 Å². The quantitative estimate of drug-likeness (QED) is 0.330. The van der Waals surface area contributed by atoms with Gasteiger partial charge in [0.25, 0.3) is 0 Å². The molecule has 3 rings (SSSR count). The second-order valence-electron chi connectivity index (χ2n) is 8.89. The van der Waals surface area contributed by atoms with Crippen molar-refractivity contribution in [3.63, 3.8) is 0 Å². The smallest absolute Gasteiger partial charge is 0.407 e. The molecule has 9 nitrogen and oxygen atoms in total. The Morgan fingerprint density at radius 1 is 0.757 bits per heavy atom. The molecule has 1 amide bonds. The third kappa shape index (κ3) is 9.77. The summed E-state index contributed by atoms with van der Waals surface area (Å²) in [5, 5.41) is 2.86. The third-order valence-electron chi connectivity index (χ3n) is 5.40. The van der Waals surface area contributed by atoms with E-state index in [-0.39, 0.29) is 18.6 Å². The van der Waals surface area contributed by atoms with Crippen LogP contribution in [0.25, 0.3) is 0 Å². The number of anilines is 2. The zero-order valence-electron chi connectivity index (χ0n) is 20.8. The maximum atomic E-state index is 12.4. The van der Waals surface area contributed by atoms with E-state index >= 15 is 0 Å². The molecule has 0 aromatic heterocycles. The number of carbonyl (C=O) groups excluding carboxylic acids is 1. The normalized spacial score (nSPS) is 12.5. The van der Waals surface area contributed by atoms with E-state index in [0.717, 1.165) is 29.2 Å². The minimum absolute atomic E-state index is 0.159. The molecule has 1 atom stereocenters. The highest BCUT2D eigenvalue weighted by molar-refractivity contribution is 7.92. The van der Waals surface area contributed by atoms with Gasteiger partial charge in [-0.15, -0.1) is 0 Å². The van der Waals surface area contributed by atoms with Crippen LogP contribution in [0.15, 0.2) is 78.9 Å². The zero-order chi connectivity index (χ0) is 27.1. The average molecular weight is 546 g/mol. The maximum absolute atomic E-state index is 12.4. The van der Waals surface area contributed by atoms with Gasteiger partial charge in [-0.1, -0.05) is 54.6 Å². The molecule has 1 unspecified atom stereocenters. The summed E-state index contributed by atoms with van der Waals surface area (Å²) in [5.74, 6) is -0.177. The van der Waals surface area contributed by atoms with Gasteiger partial charge in [-0.25, -0.2) is 21.6 Å². The number of alkyl carbamates (subject to hydrolysis) is 1. The van der Waals surface area contributed by atoms with Crippen LogP contribution in [0.2, 0.25) is 0 Å². The lowest BCUT2D eigenvalue weighted by atomic mass is 9.86. The van der Waals surface area contributed by atoms with Crippen molar-refractivity contribution in [1.29, 1.82) is 0 Å². The first kappa shape index (κ1) is 28.0. The molecule has 11 heteroatoms. The van der Waals surface area contributed by atoms with Crippen LogP contribution in [0, 0.1) is 0 Å². The van der Waals surface area contributed by atoms with Gasteiger partial charge in [-0.05, 0) is 54.3 Å². The van der Waals surface area contributed by atoms with Crippen molar-refractivity contribution in [3.8, 4) is 0 Å². The summed E-state index contributed by atoms with van der Waals surface area (Å²) >= 11 is 0. The van der Waals surface area contributed by atoms with E-state index in [1.54, 1.807) is 24.3 Å². The number of hydrogen-bond acceptors (Lipinski definition) is 6. The molecule has 0 aliphatic rings. The van der Waals surface area contributed by atoms with Crippen molar-refractivity contribution in [3.05, 3.63) is 95.6 Å². The number of benzene rings is 3. The van der Waals surface area contributed by atoms with Gasteiger partial charge < -0.3 is 10.1 Å². The number of ether oxygens (including phenoxy) is 1. The van der Waals surface area contributed by atoms with Crippen molar-refractivity contribution in [2.24, 2.45) is 0 Å². The molecular formula is C26H31N3O6S2. The van der Waals surface area contributed by atoms with Crippen LogP contribution < -0.4 is 14.8 Å². The third-order valence-corrected chi connectivity index (χ3v) is 6.61. The van der Waals surface area contributed by atoms with Gasteiger partial charge in [0.2, 0.25) is 20.0 Å². The SMILES string of the molecule is CC(CC(c1ccc(NS(C)(=O)=O)cc1)c1ccc(NS(C)(=O)=O)cc1)NC(=O)OCc1ccccc1. The molecule has 0 bridgehead atoms. The molecule has 0 heterocycles. The molecule has 0 spiro atoms. The molecule has 198 valence electrons. The largest absolute Gasteiger partial charge is 0.445 e. The maximum Gasteiger partial charge on any atom is 0.407 e. The molecule has 0 saturated carbocycles. The lowest BCUT2D eigenvalue weighted by Crippen LogP contribution is -2.34. The van der Waals surface area contributed by atoms with Crippen LogP contribution in [0.5, 0.6) is 0 Å². The van der Waals surface area contributed by atoms with Crippen LogP contribution in [0.3, 0.4) is 0 Å². The van der Waals surface area contributed by atoms with E-state index < -0.39 is 26.1 Å². The van der Waals surface area contributed by atoms with Gasteiger partial charge in [0.05, 0.1) is 12.5 Å². The summed E-state index contributed by atoms with van der Waals surface area (Å²) in [6.07, 6.45) is 2.15. The molecule has 3 N–H and O–H groups in total. The minimum atomic E-state index is -3.41. The molecule has 3 aromatic carbocycles. The summed E-state index contributed by atoms with van der Waals surface area (Å²) in [5.41, 5.74) is 3.55. The molecule has 0 saturated heterocycles. The fourth-order valence-electron chi connectivity index (χ4n) is 3.84. The molecule has 0 radical (unpaired) electrons. The fraction of sp³-hybridized carbons (Fsp3) is 0.269. The first-order valence-electron chi connectivity index (χ1n) is 11.5. The van der Waals surface area contributed by atoms with E-state index in [0.29, 0.717) is 17.8 Å². The Morgan fingerprint density at radius 3 is 1.65 bits per heavy atom. The Bertz CT molecular complexity index is 1320. The van der Waals surface area contributed by atoms with Gasteiger partial charge in [-0.3, -0.25) is 9.44 Å². The molecule has 37 heavy (non-hydrogen) atoms. The van der Waals surface area contributed by atoms with E-state index in [2.05, 4.69) is 14.8 Å². The Morgan fingerprint density at radius 2 is 1.22 bits per heavy atom. The van der Waals surface area contributed by atoms with Gasteiger partial charge in [-0.2, -0.15) is 0 Å². The predicted molar refractivity (Wildman–Crippen MR) is 146 cm³/mol. The van der Waals surface area contributed by atoms with Crippen LogP contribution in [-0.4, -0.2) is 41.5 Å². The van der Waals surface area contributed by atoms with E-state index in [4.69, 9.17) is 4.74 Å². The van der Waals surface area contributed by atoms with E-state index in [1.807, 2.05) is 61.5 Å². The summed E-state index contributed by atoms with van der Waals surface area (Å²) in [4.78, 5) is 12.4. The monoisotopic (exact) mass is 545 g/mol. The summed E-state index contributed by atoms with van der Waals surface area (Å²) in [6, 6.07) is 23.1. The number of hydrogen-bond donors (Lipinski definition) is 3. The second kappa shape index (κ2) is 12.1. The molecule has 0 aliphatic heterocycles. The van der Waals surface area contributed by atoms with Crippen molar-refractivity contribution < 1.29 is 26.4 Å². The van der Waals surface area contributed by atoms with Crippen LogP contribution in [0.1, 0.15) is 36.0 Å². The lowest BCUT2D eigenvalue weighted by molar-refractivity contribution is 0.135. The second-order valence-corrected chi connectivity index (χ2v) is 12.4. The zero-order valence-corrected chi connectivity index (χ0v) is 22.5. The van der Waals surface area contributed by atoms with Crippen molar-refractivity contribution in [2.45, 2.75) is 31.9 Å². The Labute approximate surface area is 218 Å². The highest BCUT2D eigenvalue weighted by Crippen LogP contribution is 2.31. The molecule has 3 aromatic rings. The van der Waals surface area contributed by atoms with Crippen LogP contribution in [-0.2, 0) is 31.4 Å². The van der Waals surface area contributed by atoms with E-state index in [9.17, 15) is 21.6 Å².